The maximum absolute atomic E-state index is 11.8. The van der Waals surface area contributed by atoms with Crippen LogP contribution in [0, 0.1) is 18.8 Å². The second-order valence-electron chi connectivity index (χ2n) is 4.97. The van der Waals surface area contributed by atoms with Crippen molar-refractivity contribution in [3.63, 3.8) is 0 Å². The minimum Gasteiger partial charge on any atom is -0.505 e. The summed E-state index contributed by atoms with van der Waals surface area (Å²) in [6, 6.07) is 9.20. The highest BCUT2D eigenvalue weighted by Gasteiger charge is 2.17. The molecule has 0 spiro atoms. The second kappa shape index (κ2) is 8.36. The molecule has 0 saturated heterocycles. The number of rotatable bonds is 5. The molecule has 25 heavy (non-hydrogen) atoms. The molecule has 0 saturated carbocycles. The zero-order chi connectivity index (χ0) is 18.2. The van der Waals surface area contributed by atoms with Crippen molar-refractivity contribution in [2.45, 2.75) is 6.92 Å². The predicted molar refractivity (Wildman–Crippen MR) is 89.4 cm³/mol. The average Bonchev–Trinajstić information content (AvgIpc) is 2.61. The highest BCUT2D eigenvalue weighted by atomic mass is 16.5. The van der Waals surface area contributed by atoms with Crippen LogP contribution in [0.4, 0.5) is 0 Å². The summed E-state index contributed by atoms with van der Waals surface area (Å²) in [6.07, 6.45) is 1.35. The van der Waals surface area contributed by atoms with Gasteiger partial charge in [-0.3, -0.25) is 9.59 Å². The third kappa shape index (κ3) is 4.97. The molecule has 2 rings (SSSR count). The van der Waals surface area contributed by atoms with Crippen molar-refractivity contribution in [3.8, 4) is 23.3 Å². The number of carbonyl (C=O) groups excluding carboxylic acids is 1. The molecule has 1 heterocycles. The first-order valence-corrected chi connectivity index (χ1v) is 7.34. The quantitative estimate of drug-likeness (QED) is 0.709. The van der Waals surface area contributed by atoms with Gasteiger partial charge in [0.05, 0.1) is 0 Å². The molecule has 7 nitrogen and oxygen atoms in total. The zero-order valence-electron chi connectivity index (χ0n) is 13.4. The molecule has 3 N–H and O–H groups in total. The van der Waals surface area contributed by atoms with E-state index >= 15 is 0 Å². The number of hydrogen-bond donors (Lipinski definition) is 3. The number of nitrogens with zero attached hydrogens (tertiary/aromatic N) is 1. The molecule has 128 valence electrons. The fourth-order valence-corrected chi connectivity index (χ4v) is 1.89. The van der Waals surface area contributed by atoms with Crippen molar-refractivity contribution in [2.75, 3.05) is 13.2 Å². The number of hydrogen-bond acceptors (Lipinski definition) is 5. The number of aliphatic carboxylic acids is 1. The van der Waals surface area contributed by atoms with Crippen molar-refractivity contribution in [3.05, 3.63) is 53.3 Å². The molecule has 0 aliphatic carbocycles. The number of aromatic nitrogens is 1. The van der Waals surface area contributed by atoms with E-state index in [1.54, 1.807) is 6.92 Å². The van der Waals surface area contributed by atoms with E-state index in [2.05, 4.69) is 22.1 Å². The van der Waals surface area contributed by atoms with Gasteiger partial charge in [0, 0.05) is 17.3 Å². The van der Waals surface area contributed by atoms with Gasteiger partial charge in [-0.15, -0.1) is 0 Å². The Labute approximate surface area is 144 Å². The van der Waals surface area contributed by atoms with Gasteiger partial charge in [0.25, 0.3) is 5.91 Å². The highest BCUT2D eigenvalue weighted by molar-refractivity contribution is 5.96. The van der Waals surface area contributed by atoms with Crippen molar-refractivity contribution in [1.82, 2.24) is 10.3 Å². The van der Waals surface area contributed by atoms with Gasteiger partial charge in [-0.05, 0) is 19.1 Å². The standard InChI is InChI=1S/C18H16N2O5/c1-12-13(6-5-9-25-14-7-3-2-4-8-14)10-19-16(17(12)23)18(24)20-11-15(21)22/h2-4,7-8,10,23H,9,11H2,1H3,(H,20,24)(H,21,22). The molecule has 2 aromatic rings. The number of carboxylic acids is 1. The number of ether oxygens (including phenoxy) is 1. The first-order valence-electron chi connectivity index (χ1n) is 7.34. The van der Waals surface area contributed by atoms with E-state index in [-0.39, 0.29) is 18.1 Å². The van der Waals surface area contributed by atoms with Gasteiger partial charge in [0.2, 0.25) is 0 Å². The van der Waals surface area contributed by atoms with Crippen LogP contribution in [0.1, 0.15) is 21.6 Å². The summed E-state index contributed by atoms with van der Waals surface area (Å²) in [4.78, 5) is 26.1. The number of pyridine rings is 1. The van der Waals surface area contributed by atoms with Crippen LogP contribution in [0.25, 0.3) is 0 Å². The largest absolute Gasteiger partial charge is 0.505 e. The van der Waals surface area contributed by atoms with Crippen LogP contribution in [0.2, 0.25) is 0 Å². The van der Waals surface area contributed by atoms with Crippen LogP contribution in [0.3, 0.4) is 0 Å². The zero-order valence-corrected chi connectivity index (χ0v) is 13.4. The maximum atomic E-state index is 11.8. The Morgan fingerprint density at radius 1 is 1.28 bits per heavy atom. The lowest BCUT2D eigenvalue weighted by Crippen LogP contribution is -2.30. The van der Waals surface area contributed by atoms with E-state index < -0.39 is 18.4 Å². The van der Waals surface area contributed by atoms with Gasteiger partial charge in [0.15, 0.2) is 11.4 Å². The molecule has 1 amide bonds. The fourth-order valence-electron chi connectivity index (χ4n) is 1.89. The average molecular weight is 340 g/mol. The third-order valence-electron chi connectivity index (χ3n) is 3.20. The molecule has 1 aromatic heterocycles. The molecule has 0 unspecified atom stereocenters. The Kier molecular flexibility index (Phi) is 5.96. The normalized spacial score (nSPS) is 9.64. The van der Waals surface area contributed by atoms with E-state index in [0.717, 1.165) is 0 Å². The summed E-state index contributed by atoms with van der Waals surface area (Å²) in [5, 5.41) is 20.8. The maximum Gasteiger partial charge on any atom is 0.322 e. The van der Waals surface area contributed by atoms with E-state index in [1.807, 2.05) is 30.3 Å². The Balaban J connectivity index is 2.06. The molecule has 0 atom stereocenters. The summed E-state index contributed by atoms with van der Waals surface area (Å²) >= 11 is 0. The van der Waals surface area contributed by atoms with Crippen LogP contribution in [-0.2, 0) is 4.79 Å². The van der Waals surface area contributed by atoms with Gasteiger partial charge in [0.1, 0.15) is 18.9 Å². The summed E-state index contributed by atoms with van der Waals surface area (Å²) in [5.74, 6) is 4.02. The van der Waals surface area contributed by atoms with Gasteiger partial charge < -0.3 is 20.3 Å². The van der Waals surface area contributed by atoms with Crippen molar-refractivity contribution < 1.29 is 24.5 Å². The van der Waals surface area contributed by atoms with Gasteiger partial charge in [-0.25, -0.2) is 4.98 Å². The van der Waals surface area contributed by atoms with Crippen LogP contribution in [0.5, 0.6) is 11.5 Å². The molecule has 0 radical (unpaired) electrons. The Morgan fingerprint density at radius 3 is 2.68 bits per heavy atom. The van der Waals surface area contributed by atoms with E-state index in [9.17, 15) is 14.7 Å². The third-order valence-corrected chi connectivity index (χ3v) is 3.20. The van der Waals surface area contributed by atoms with Gasteiger partial charge in [-0.1, -0.05) is 30.0 Å². The van der Waals surface area contributed by atoms with Crippen molar-refractivity contribution >= 4 is 11.9 Å². The lowest BCUT2D eigenvalue weighted by Gasteiger charge is -2.07. The lowest BCUT2D eigenvalue weighted by molar-refractivity contribution is -0.135. The topological polar surface area (TPSA) is 109 Å². The molecule has 0 aliphatic rings. The number of nitrogens with one attached hydrogen (secondary N) is 1. The minimum atomic E-state index is -1.19. The summed E-state index contributed by atoms with van der Waals surface area (Å²) < 4.78 is 5.44. The van der Waals surface area contributed by atoms with Crippen LogP contribution in [0.15, 0.2) is 36.5 Å². The molecular formula is C18H16N2O5. The Bertz CT molecular complexity index is 838. The number of aromatic hydroxyl groups is 1. The Morgan fingerprint density at radius 2 is 2.00 bits per heavy atom. The fraction of sp³-hybridized carbons (Fsp3) is 0.167. The SMILES string of the molecule is Cc1c(C#CCOc2ccccc2)cnc(C(=O)NCC(=O)O)c1O. The minimum absolute atomic E-state index is 0.158. The van der Waals surface area contributed by atoms with Gasteiger partial charge in [-0.2, -0.15) is 0 Å². The van der Waals surface area contributed by atoms with Crippen LogP contribution in [-0.4, -0.2) is 40.2 Å². The molecular weight excluding hydrogens is 324 g/mol. The lowest BCUT2D eigenvalue weighted by atomic mass is 10.1. The van der Waals surface area contributed by atoms with Crippen molar-refractivity contribution in [1.29, 1.82) is 0 Å². The molecule has 0 aliphatic heterocycles. The second-order valence-corrected chi connectivity index (χ2v) is 4.97. The number of benzene rings is 1. The summed E-state index contributed by atoms with van der Waals surface area (Å²) in [7, 11) is 0. The van der Waals surface area contributed by atoms with E-state index in [4.69, 9.17) is 9.84 Å². The van der Waals surface area contributed by atoms with E-state index in [1.165, 1.54) is 6.20 Å². The first kappa shape index (κ1) is 17.8. The molecule has 1 aromatic carbocycles. The molecule has 0 bridgehead atoms. The van der Waals surface area contributed by atoms with E-state index in [0.29, 0.717) is 16.9 Å². The monoisotopic (exact) mass is 340 g/mol. The molecule has 0 fully saturated rings. The molecule has 7 heteroatoms. The number of para-hydroxylation sites is 1. The van der Waals surface area contributed by atoms with Crippen LogP contribution < -0.4 is 10.1 Å². The number of amides is 1. The summed E-state index contributed by atoms with van der Waals surface area (Å²) in [5.41, 5.74) is 0.580. The highest BCUT2D eigenvalue weighted by Crippen LogP contribution is 2.22. The first-order chi connectivity index (χ1) is 12.0. The van der Waals surface area contributed by atoms with Crippen LogP contribution >= 0.6 is 0 Å². The smallest absolute Gasteiger partial charge is 0.322 e. The Hall–Kier alpha value is -3.53. The summed E-state index contributed by atoms with van der Waals surface area (Å²) in [6.45, 7) is 1.19. The number of carbonyl (C=O) groups is 2. The van der Waals surface area contributed by atoms with Gasteiger partial charge >= 0.3 is 5.97 Å². The number of carboxylic acid groups (broad SMARTS) is 1. The predicted octanol–water partition coefficient (Wildman–Crippen LogP) is 1.34. The van der Waals surface area contributed by atoms with Crippen molar-refractivity contribution in [2.24, 2.45) is 0 Å².